The summed E-state index contributed by atoms with van der Waals surface area (Å²) < 4.78 is 1.55. The molecule has 19 heavy (non-hydrogen) atoms. The maximum atomic E-state index is 12.1. The van der Waals surface area contributed by atoms with Gasteiger partial charge in [0, 0.05) is 7.05 Å². The molecule has 1 unspecified atom stereocenters. The van der Waals surface area contributed by atoms with E-state index in [2.05, 4.69) is 10.1 Å². The molecule has 0 aliphatic rings. The maximum Gasteiger partial charge on any atom is 0.293 e. The summed E-state index contributed by atoms with van der Waals surface area (Å²) in [6.07, 6.45) is 1.50. The number of hydrogen-bond acceptors (Lipinski definition) is 4. The van der Waals surface area contributed by atoms with Crippen LogP contribution in [-0.2, 0) is 0 Å². The minimum Gasteiger partial charge on any atom is -0.394 e. The average molecular weight is 260 g/mol. The molecule has 2 rings (SSSR count). The van der Waals surface area contributed by atoms with E-state index in [0.29, 0.717) is 0 Å². The summed E-state index contributed by atoms with van der Waals surface area (Å²) in [5, 5.41) is 13.2. The van der Waals surface area contributed by atoms with Gasteiger partial charge in [0.05, 0.1) is 18.3 Å². The van der Waals surface area contributed by atoms with Crippen molar-refractivity contribution in [1.82, 2.24) is 19.7 Å². The van der Waals surface area contributed by atoms with Gasteiger partial charge < -0.3 is 10.0 Å². The van der Waals surface area contributed by atoms with E-state index in [4.69, 9.17) is 5.11 Å². The van der Waals surface area contributed by atoms with Crippen LogP contribution >= 0.6 is 0 Å². The Hall–Kier alpha value is -2.21. The third kappa shape index (κ3) is 2.79. The summed E-state index contributed by atoms with van der Waals surface area (Å²) in [4.78, 5) is 17.5. The molecule has 0 saturated carbocycles. The van der Waals surface area contributed by atoms with Crippen molar-refractivity contribution in [2.75, 3.05) is 13.7 Å². The molecule has 1 heterocycles. The fourth-order valence-electron chi connectivity index (χ4n) is 1.55. The Morgan fingerprint density at radius 2 is 2.11 bits per heavy atom. The molecule has 0 aliphatic heterocycles. The first-order valence-corrected chi connectivity index (χ1v) is 5.98. The number of nitrogens with zero attached hydrogens (tertiary/aromatic N) is 4. The van der Waals surface area contributed by atoms with Crippen LogP contribution in [0.5, 0.6) is 0 Å². The predicted molar refractivity (Wildman–Crippen MR) is 70.0 cm³/mol. The number of rotatable bonds is 4. The molecule has 0 spiro atoms. The molecule has 1 aromatic heterocycles. The Morgan fingerprint density at radius 1 is 1.42 bits per heavy atom. The number of likely N-dealkylation sites (N-methyl/N-ethyl adjacent to an activating group) is 1. The van der Waals surface area contributed by atoms with Crippen molar-refractivity contribution < 1.29 is 9.90 Å². The van der Waals surface area contributed by atoms with Gasteiger partial charge in [-0.3, -0.25) is 4.79 Å². The SMILES string of the molecule is CC(CO)N(C)C(=O)c1ncn(-c2ccccc2)n1. The lowest BCUT2D eigenvalue weighted by molar-refractivity contribution is 0.0670. The van der Waals surface area contributed by atoms with Crippen LogP contribution in [0.3, 0.4) is 0 Å². The lowest BCUT2D eigenvalue weighted by atomic mass is 10.3. The average Bonchev–Trinajstić information content (AvgIpc) is 2.95. The number of aliphatic hydroxyl groups excluding tert-OH is 1. The van der Waals surface area contributed by atoms with Crippen molar-refractivity contribution in [2.24, 2.45) is 0 Å². The van der Waals surface area contributed by atoms with Crippen molar-refractivity contribution in [1.29, 1.82) is 0 Å². The number of benzene rings is 1. The molecule has 100 valence electrons. The van der Waals surface area contributed by atoms with E-state index in [1.807, 2.05) is 30.3 Å². The van der Waals surface area contributed by atoms with E-state index in [-0.39, 0.29) is 24.4 Å². The summed E-state index contributed by atoms with van der Waals surface area (Å²) in [6.45, 7) is 1.66. The van der Waals surface area contributed by atoms with Crippen molar-refractivity contribution in [3.63, 3.8) is 0 Å². The third-order valence-corrected chi connectivity index (χ3v) is 2.95. The lowest BCUT2D eigenvalue weighted by Crippen LogP contribution is -2.37. The molecule has 6 nitrogen and oxygen atoms in total. The van der Waals surface area contributed by atoms with Gasteiger partial charge in [-0.1, -0.05) is 18.2 Å². The standard InChI is InChI=1S/C13H16N4O2/c1-10(8-18)16(2)13(19)12-14-9-17(15-12)11-6-4-3-5-7-11/h3-7,9-10,18H,8H2,1-2H3. The zero-order valence-corrected chi connectivity index (χ0v) is 10.9. The van der Waals surface area contributed by atoms with Gasteiger partial charge in [0.2, 0.25) is 5.82 Å². The summed E-state index contributed by atoms with van der Waals surface area (Å²) in [7, 11) is 1.62. The van der Waals surface area contributed by atoms with Gasteiger partial charge in [0.15, 0.2) is 0 Å². The maximum absolute atomic E-state index is 12.1. The topological polar surface area (TPSA) is 71.2 Å². The van der Waals surface area contributed by atoms with Crippen molar-refractivity contribution in [3.8, 4) is 5.69 Å². The van der Waals surface area contributed by atoms with Gasteiger partial charge in [-0.05, 0) is 19.1 Å². The molecule has 0 bridgehead atoms. The summed E-state index contributed by atoms with van der Waals surface area (Å²) in [5.74, 6) is -0.192. The van der Waals surface area contributed by atoms with Gasteiger partial charge in [-0.15, -0.1) is 5.10 Å². The second kappa shape index (κ2) is 5.62. The van der Waals surface area contributed by atoms with Crippen molar-refractivity contribution >= 4 is 5.91 Å². The minimum absolute atomic E-state index is 0.0956. The van der Waals surface area contributed by atoms with Crippen molar-refractivity contribution in [3.05, 3.63) is 42.5 Å². The fraction of sp³-hybridized carbons (Fsp3) is 0.308. The van der Waals surface area contributed by atoms with Crippen LogP contribution in [0.1, 0.15) is 17.5 Å². The second-order valence-corrected chi connectivity index (χ2v) is 4.30. The zero-order chi connectivity index (χ0) is 13.8. The molecular weight excluding hydrogens is 244 g/mol. The van der Waals surface area contributed by atoms with Gasteiger partial charge >= 0.3 is 0 Å². The van der Waals surface area contributed by atoms with Crippen LogP contribution in [-0.4, -0.2) is 50.4 Å². The van der Waals surface area contributed by atoms with E-state index in [1.54, 1.807) is 18.7 Å². The van der Waals surface area contributed by atoms with Gasteiger partial charge in [-0.2, -0.15) is 0 Å². The Balaban J connectivity index is 2.20. The molecule has 1 atom stereocenters. The monoisotopic (exact) mass is 260 g/mol. The molecule has 2 aromatic rings. The van der Waals surface area contributed by atoms with E-state index in [1.165, 1.54) is 11.2 Å². The summed E-state index contributed by atoms with van der Waals surface area (Å²) in [6, 6.07) is 9.17. The number of para-hydroxylation sites is 1. The summed E-state index contributed by atoms with van der Waals surface area (Å²) >= 11 is 0. The number of amides is 1. The Morgan fingerprint density at radius 3 is 2.74 bits per heavy atom. The number of carbonyl (C=O) groups excluding carboxylic acids is 1. The molecule has 1 aromatic carbocycles. The lowest BCUT2D eigenvalue weighted by Gasteiger charge is -2.21. The molecule has 1 amide bonds. The molecular formula is C13H16N4O2. The Kier molecular flexibility index (Phi) is 3.91. The predicted octanol–water partition coefficient (Wildman–Crippen LogP) is 0.720. The zero-order valence-electron chi connectivity index (χ0n) is 10.9. The fourth-order valence-corrected chi connectivity index (χ4v) is 1.55. The van der Waals surface area contributed by atoms with E-state index < -0.39 is 0 Å². The van der Waals surface area contributed by atoms with Gasteiger partial charge in [-0.25, -0.2) is 9.67 Å². The molecule has 0 aliphatic carbocycles. The normalized spacial score (nSPS) is 12.2. The highest BCUT2D eigenvalue weighted by Gasteiger charge is 2.20. The van der Waals surface area contributed by atoms with Gasteiger partial charge in [0.25, 0.3) is 5.91 Å². The van der Waals surface area contributed by atoms with Crippen molar-refractivity contribution in [2.45, 2.75) is 13.0 Å². The van der Waals surface area contributed by atoms with Crippen LogP contribution in [0.15, 0.2) is 36.7 Å². The smallest absolute Gasteiger partial charge is 0.293 e. The van der Waals surface area contributed by atoms with Gasteiger partial charge in [0.1, 0.15) is 6.33 Å². The van der Waals surface area contributed by atoms with E-state index in [0.717, 1.165) is 5.69 Å². The van der Waals surface area contributed by atoms with Crippen LogP contribution < -0.4 is 0 Å². The summed E-state index contributed by atoms with van der Waals surface area (Å²) in [5.41, 5.74) is 0.840. The third-order valence-electron chi connectivity index (χ3n) is 2.95. The molecule has 1 N–H and O–H groups in total. The number of aliphatic hydroxyl groups is 1. The first-order valence-electron chi connectivity index (χ1n) is 5.98. The Labute approximate surface area is 111 Å². The largest absolute Gasteiger partial charge is 0.394 e. The molecule has 0 fully saturated rings. The quantitative estimate of drug-likeness (QED) is 0.879. The number of carbonyl (C=O) groups is 1. The van der Waals surface area contributed by atoms with E-state index in [9.17, 15) is 4.79 Å². The molecule has 0 saturated heterocycles. The minimum atomic E-state index is -0.309. The highest BCUT2D eigenvalue weighted by molar-refractivity contribution is 5.90. The highest BCUT2D eigenvalue weighted by Crippen LogP contribution is 2.07. The van der Waals surface area contributed by atoms with Crippen LogP contribution in [0.2, 0.25) is 0 Å². The highest BCUT2D eigenvalue weighted by atomic mass is 16.3. The first kappa shape index (κ1) is 13.2. The number of aromatic nitrogens is 3. The van der Waals surface area contributed by atoms with E-state index >= 15 is 0 Å². The number of hydrogen-bond donors (Lipinski definition) is 1. The van der Waals surface area contributed by atoms with Crippen LogP contribution in [0.25, 0.3) is 5.69 Å². The van der Waals surface area contributed by atoms with Crippen LogP contribution in [0.4, 0.5) is 0 Å². The molecule has 0 radical (unpaired) electrons. The first-order chi connectivity index (χ1) is 9.13. The van der Waals surface area contributed by atoms with Crippen LogP contribution in [0, 0.1) is 0 Å². The second-order valence-electron chi connectivity index (χ2n) is 4.30. The Bertz CT molecular complexity index is 553. The molecule has 6 heteroatoms.